The van der Waals surface area contributed by atoms with Crippen molar-refractivity contribution >= 4 is 30.9 Å². The highest BCUT2D eigenvalue weighted by Gasteiger charge is 2.69. The lowest BCUT2D eigenvalue weighted by Crippen LogP contribution is -2.65. The van der Waals surface area contributed by atoms with Crippen LogP contribution in [0.4, 0.5) is 0 Å². The fourth-order valence-corrected chi connectivity index (χ4v) is 15.6. The molecule has 10 heteroatoms. The minimum Gasteiger partial charge on any atom is -0.458 e. The number of carbonyl (C=O) groups is 1. The molecule has 6 aliphatic rings. The van der Waals surface area contributed by atoms with E-state index in [1.54, 1.807) is 0 Å². The number of rotatable bonds is 9. The van der Waals surface area contributed by atoms with E-state index in [4.69, 9.17) is 27.5 Å². The van der Waals surface area contributed by atoms with Gasteiger partial charge in [-0.25, -0.2) is 4.79 Å². The average molecular weight is 721 g/mol. The summed E-state index contributed by atoms with van der Waals surface area (Å²) in [5, 5.41) is 0. The van der Waals surface area contributed by atoms with Gasteiger partial charge >= 0.3 is 5.97 Å². The van der Waals surface area contributed by atoms with Gasteiger partial charge in [0.05, 0.1) is 30.0 Å². The van der Waals surface area contributed by atoms with E-state index in [0.717, 1.165) is 32.1 Å². The van der Waals surface area contributed by atoms with Crippen molar-refractivity contribution in [1.82, 2.24) is 0 Å². The first kappa shape index (κ1) is 37.4. The lowest BCUT2D eigenvalue weighted by atomic mass is 9.43. The normalized spacial score (nSPS) is 45.2. The molecule has 2 aliphatic heterocycles. The lowest BCUT2D eigenvalue weighted by molar-refractivity contribution is -0.266. The van der Waals surface area contributed by atoms with Crippen LogP contribution in [0, 0.1) is 34.5 Å². The van der Waals surface area contributed by atoms with Gasteiger partial charge in [-0.2, -0.15) is 0 Å². The summed E-state index contributed by atoms with van der Waals surface area (Å²) < 4.78 is 39.9. The topological polar surface area (TPSA) is 72.5 Å². The second kappa shape index (κ2) is 13.0. The van der Waals surface area contributed by atoms with Gasteiger partial charge in [-0.15, -0.1) is 0 Å². The van der Waals surface area contributed by atoms with Crippen molar-refractivity contribution in [2.24, 2.45) is 34.5 Å². The molecule has 7 nitrogen and oxygen atoms in total. The largest absolute Gasteiger partial charge is 0.458 e. The zero-order chi connectivity index (χ0) is 35.1. The molecule has 4 saturated carbocycles. The molecule has 1 saturated heterocycles. The van der Waals surface area contributed by atoms with Gasteiger partial charge in [0.1, 0.15) is 6.61 Å². The molecule has 0 N–H and O–H groups in total. The Bertz CT molecular complexity index is 1240. The molecular weight excluding hydrogens is 653 g/mol. The van der Waals surface area contributed by atoms with Crippen LogP contribution in [0.1, 0.15) is 85.0 Å². The van der Waals surface area contributed by atoms with Gasteiger partial charge in [-0.3, -0.25) is 0 Å². The Morgan fingerprint density at radius 3 is 2.12 bits per heavy atom. The number of ether oxygens (including phenoxy) is 3. The van der Waals surface area contributed by atoms with Crippen molar-refractivity contribution in [3.8, 4) is 0 Å². The Kier molecular flexibility index (Phi) is 10.1. The summed E-state index contributed by atoms with van der Waals surface area (Å²) in [6.07, 6.45) is 13.0. The van der Waals surface area contributed by atoms with E-state index in [-0.39, 0.29) is 47.7 Å². The van der Waals surface area contributed by atoms with Crippen LogP contribution in [0.5, 0.6) is 0 Å². The number of fused-ring (bicyclic) bond motifs is 5. The first-order valence-corrected chi connectivity index (χ1v) is 29.6. The van der Waals surface area contributed by atoms with Crippen molar-refractivity contribution in [2.75, 3.05) is 6.61 Å². The average Bonchev–Trinajstić information content (AvgIpc) is 3.48. The summed E-state index contributed by atoms with van der Waals surface area (Å²) in [7, 11) is -5.41. The minimum atomic E-state index is -1.86. The van der Waals surface area contributed by atoms with Crippen LogP contribution in [0.25, 0.3) is 0 Å². The Labute approximate surface area is 295 Å². The van der Waals surface area contributed by atoms with Crippen LogP contribution in [0.3, 0.4) is 0 Å². The second-order valence-electron chi connectivity index (χ2n) is 20.0. The third-order valence-corrected chi connectivity index (χ3v) is 16.3. The molecule has 48 heavy (non-hydrogen) atoms. The van der Waals surface area contributed by atoms with E-state index in [0.29, 0.717) is 35.7 Å². The molecule has 4 aliphatic carbocycles. The fourth-order valence-electron chi connectivity index (χ4n) is 11.7. The third kappa shape index (κ3) is 7.18. The maximum absolute atomic E-state index is 12.2. The Hall–Kier alpha value is -0.339. The number of carbonyl (C=O) groups excluding carboxylic acids is 1. The molecule has 2 heterocycles. The highest BCUT2D eigenvalue weighted by molar-refractivity contribution is 6.70. The minimum absolute atomic E-state index is 0.0143. The Morgan fingerprint density at radius 2 is 1.50 bits per heavy atom. The predicted molar refractivity (Wildman–Crippen MR) is 198 cm³/mol. The summed E-state index contributed by atoms with van der Waals surface area (Å²) in [5.74, 6) is 2.10. The standard InChI is InChI=1S/C38H68O7Si3/c1-25-35(44-47(7,8)9)32(43-46(4,5)6)23-34(41-25)42-28-15-18-36(2)27(22-28)13-14-31-30(36)16-19-37(3)29(26-21-33(39)40-24-26)17-20-38(31,37)45-48(10,11)12/h21,25,27-32,34-35H,13-20,22-24H2,1-12H3/t25-,27-,28+,29-,30+,31-,32+,34?,35-,36+,37-,38+/m1/s1. The van der Waals surface area contributed by atoms with Gasteiger partial charge in [0, 0.05) is 17.9 Å². The van der Waals surface area contributed by atoms with Crippen molar-refractivity contribution in [2.45, 2.75) is 180 Å². The summed E-state index contributed by atoms with van der Waals surface area (Å²) >= 11 is 0. The summed E-state index contributed by atoms with van der Waals surface area (Å²) in [6.45, 7) is 28.5. The fraction of sp³-hybridized carbons (Fsp3) is 0.921. The summed E-state index contributed by atoms with van der Waals surface area (Å²) in [6, 6.07) is 0. The SMILES string of the molecule is C[C@H]1OC(O[C@H]2CC[C@@]3(C)[C@H](CC[C@@H]4[C@@H]3CC[C@]3(C)[C@@H](C5=CC(=O)OC5)CC[C@]43O[Si](C)(C)C)C2)C[C@H](O[Si](C)(C)C)[C@@H]1O[Si](C)(C)C. The smallest absolute Gasteiger partial charge is 0.331 e. The molecule has 5 fully saturated rings. The van der Waals surface area contributed by atoms with Crippen LogP contribution >= 0.6 is 0 Å². The molecule has 0 spiro atoms. The van der Waals surface area contributed by atoms with Crippen molar-refractivity contribution in [3.63, 3.8) is 0 Å². The highest BCUT2D eigenvalue weighted by atomic mass is 28.4. The van der Waals surface area contributed by atoms with Crippen LogP contribution in [0.2, 0.25) is 58.9 Å². The van der Waals surface area contributed by atoms with E-state index in [9.17, 15) is 4.79 Å². The molecule has 12 atom stereocenters. The molecule has 6 rings (SSSR count). The Morgan fingerprint density at radius 1 is 0.792 bits per heavy atom. The lowest BCUT2D eigenvalue weighted by Gasteiger charge is -2.66. The van der Waals surface area contributed by atoms with Gasteiger partial charge in [-0.1, -0.05) is 13.8 Å². The van der Waals surface area contributed by atoms with Crippen molar-refractivity contribution in [3.05, 3.63) is 11.6 Å². The van der Waals surface area contributed by atoms with Gasteiger partial charge in [-0.05, 0) is 158 Å². The van der Waals surface area contributed by atoms with E-state index < -0.39 is 25.0 Å². The molecule has 0 amide bonds. The molecule has 0 bridgehead atoms. The monoisotopic (exact) mass is 720 g/mol. The van der Waals surface area contributed by atoms with Crippen molar-refractivity contribution < 1.29 is 32.3 Å². The Balaban J connectivity index is 1.17. The molecule has 0 aromatic carbocycles. The number of hydrogen-bond acceptors (Lipinski definition) is 7. The third-order valence-electron chi connectivity index (χ3n) is 13.3. The molecule has 1 unspecified atom stereocenters. The number of cyclic esters (lactones) is 1. The van der Waals surface area contributed by atoms with Gasteiger partial charge in [0.15, 0.2) is 31.2 Å². The first-order chi connectivity index (χ1) is 22.1. The van der Waals surface area contributed by atoms with Crippen LogP contribution < -0.4 is 0 Å². The van der Waals surface area contributed by atoms with Crippen LogP contribution in [-0.4, -0.2) is 73.8 Å². The van der Waals surface area contributed by atoms with Crippen LogP contribution in [-0.2, 0) is 32.3 Å². The van der Waals surface area contributed by atoms with Gasteiger partial charge in [0.2, 0.25) is 0 Å². The highest BCUT2D eigenvalue weighted by Crippen LogP contribution is 2.71. The summed E-state index contributed by atoms with van der Waals surface area (Å²) in [5.41, 5.74) is 1.43. The van der Waals surface area contributed by atoms with E-state index in [1.807, 2.05) is 6.08 Å². The molecule has 0 radical (unpaired) electrons. The number of hydrogen-bond donors (Lipinski definition) is 0. The quantitative estimate of drug-likeness (QED) is 0.134. The second-order valence-corrected chi connectivity index (χ2v) is 33.3. The van der Waals surface area contributed by atoms with E-state index in [1.165, 1.54) is 37.7 Å². The first-order valence-electron chi connectivity index (χ1n) is 19.4. The van der Waals surface area contributed by atoms with Crippen LogP contribution in [0.15, 0.2) is 11.6 Å². The van der Waals surface area contributed by atoms with E-state index in [2.05, 4.69) is 79.7 Å². The molecule has 0 aromatic heterocycles. The molecule has 0 aromatic rings. The predicted octanol–water partition coefficient (Wildman–Crippen LogP) is 9.06. The van der Waals surface area contributed by atoms with Gasteiger partial charge in [0.25, 0.3) is 0 Å². The molecule has 274 valence electrons. The van der Waals surface area contributed by atoms with Gasteiger partial charge < -0.3 is 27.5 Å². The zero-order valence-electron chi connectivity index (χ0n) is 32.4. The maximum atomic E-state index is 12.2. The maximum Gasteiger partial charge on any atom is 0.331 e. The van der Waals surface area contributed by atoms with E-state index >= 15 is 0 Å². The van der Waals surface area contributed by atoms with Crippen molar-refractivity contribution in [1.29, 1.82) is 0 Å². The zero-order valence-corrected chi connectivity index (χ0v) is 35.4. The summed E-state index contributed by atoms with van der Waals surface area (Å²) in [4.78, 5) is 12.2. The number of esters is 1. The molecular formula is C38H68O7Si3.